The second kappa shape index (κ2) is 6.68. The normalized spacial score (nSPS) is 11.2. The summed E-state index contributed by atoms with van der Waals surface area (Å²) >= 11 is 0. The molecule has 0 radical (unpaired) electrons. The SMILES string of the molecule is Cc1cc(F)ccc1NCC(=O)Nc1ccc(C(F)(F)F)cc1. The van der Waals surface area contributed by atoms with Gasteiger partial charge in [-0.05, 0) is 55.0 Å². The quantitative estimate of drug-likeness (QED) is 0.827. The molecule has 1 amide bonds. The summed E-state index contributed by atoms with van der Waals surface area (Å²) in [6, 6.07) is 8.27. The van der Waals surface area contributed by atoms with E-state index in [-0.39, 0.29) is 18.0 Å². The van der Waals surface area contributed by atoms with Crippen molar-refractivity contribution in [3.63, 3.8) is 0 Å². The molecule has 0 atom stereocenters. The van der Waals surface area contributed by atoms with E-state index >= 15 is 0 Å². The standard InChI is InChI=1S/C16H14F4N2O/c1-10-8-12(17)4-7-14(10)21-9-15(23)22-13-5-2-11(3-6-13)16(18,19)20/h2-8,21H,9H2,1H3,(H,22,23). The monoisotopic (exact) mass is 326 g/mol. The summed E-state index contributed by atoms with van der Waals surface area (Å²) in [6.45, 7) is 1.60. The largest absolute Gasteiger partial charge is 0.416 e. The Morgan fingerprint density at radius 2 is 1.74 bits per heavy atom. The Labute approximate surface area is 130 Å². The molecule has 0 aliphatic carbocycles. The lowest BCUT2D eigenvalue weighted by molar-refractivity contribution is -0.137. The summed E-state index contributed by atoms with van der Waals surface area (Å²) in [5, 5.41) is 5.32. The Hall–Kier alpha value is -2.57. The summed E-state index contributed by atoms with van der Waals surface area (Å²) in [4.78, 5) is 11.8. The molecule has 3 nitrogen and oxygen atoms in total. The van der Waals surface area contributed by atoms with Gasteiger partial charge in [0.05, 0.1) is 12.1 Å². The van der Waals surface area contributed by atoms with Crippen LogP contribution in [0.2, 0.25) is 0 Å². The van der Waals surface area contributed by atoms with E-state index in [1.807, 2.05) is 0 Å². The summed E-state index contributed by atoms with van der Waals surface area (Å²) in [5.74, 6) is -0.796. The van der Waals surface area contributed by atoms with Gasteiger partial charge in [0.2, 0.25) is 5.91 Å². The molecular weight excluding hydrogens is 312 g/mol. The maximum Gasteiger partial charge on any atom is 0.416 e. The minimum Gasteiger partial charge on any atom is -0.376 e. The number of halogens is 4. The van der Waals surface area contributed by atoms with Crippen molar-refractivity contribution >= 4 is 17.3 Å². The zero-order chi connectivity index (χ0) is 17.0. The molecule has 23 heavy (non-hydrogen) atoms. The Morgan fingerprint density at radius 3 is 2.30 bits per heavy atom. The fourth-order valence-corrected chi connectivity index (χ4v) is 1.95. The Balaban J connectivity index is 1.92. The van der Waals surface area contributed by atoms with Crippen LogP contribution in [0.5, 0.6) is 0 Å². The van der Waals surface area contributed by atoms with Gasteiger partial charge in [0.15, 0.2) is 0 Å². The third-order valence-corrected chi connectivity index (χ3v) is 3.12. The van der Waals surface area contributed by atoms with Crippen LogP contribution in [0.1, 0.15) is 11.1 Å². The van der Waals surface area contributed by atoms with Crippen molar-refractivity contribution in [3.05, 3.63) is 59.4 Å². The van der Waals surface area contributed by atoms with E-state index < -0.39 is 17.6 Å². The van der Waals surface area contributed by atoms with E-state index in [1.54, 1.807) is 6.92 Å². The number of rotatable bonds is 4. The van der Waals surface area contributed by atoms with Gasteiger partial charge >= 0.3 is 6.18 Å². The first-order valence-electron chi connectivity index (χ1n) is 6.73. The Morgan fingerprint density at radius 1 is 1.09 bits per heavy atom. The molecule has 0 bridgehead atoms. The molecule has 0 aromatic heterocycles. The van der Waals surface area contributed by atoms with Gasteiger partial charge in [-0.15, -0.1) is 0 Å². The van der Waals surface area contributed by atoms with Crippen molar-refractivity contribution in [3.8, 4) is 0 Å². The van der Waals surface area contributed by atoms with E-state index in [9.17, 15) is 22.4 Å². The maximum absolute atomic E-state index is 13.0. The number of anilines is 2. The van der Waals surface area contributed by atoms with E-state index in [2.05, 4.69) is 10.6 Å². The fourth-order valence-electron chi connectivity index (χ4n) is 1.95. The number of hydrogen-bond donors (Lipinski definition) is 2. The highest BCUT2D eigenvalue weighted by molar-refractivity contribution is 5.93. The Bertz CT molecular complexity index is 696. The number of benzene rings is 2. The molecule has 0 fully saturated rings. The maximum atomic E-state index is 13.0. The first kappa shape index (κ1) is 16.8. The molecule has 7 heteroatoms. The highest BCUT2D eigenvalue weighted by atomic mass is 19.4. The molecule has 0 saturated carbocycles. The van der Waals surface area contributed by atoms with Crippen molar-refractivity contribution in [2.24, 2.45) is 0 Å². The number of amides is 1. The van der Waals surface area contributed by atoms with Crippen molar-refractivity contribution in [1.29, 1.82) is 0 Å². The van der Waals surface area contributed by atoms with Crippen LogP contribution in [0.15, 0.2) is 42.5 Å². The Kier molecular flexibility index (Phi) is 4.88. The lowest BCUT2D eigenvalue weighted by Crippen LogP contribution is -2.22. The number of hydrogen-bond acceptors (Lipinski definition) is 2. The van der Waals surface area contributed by atoms with Crippen LogP contribution in [0.3, 0.4) is 0 Å². The van der Waals surface area contributed by atoms with Gasteiger partial charge < -0.3 is 10.6 Å². The minimum atomic E-state index is -4.41. The first-order valence-corrected chi connectivity index (χ1v) is 6.73. The van der Waals surface area contributed by atoms with E-state index in [0.29, 0.717) is 11.3 Å². The second-order valence-corrected chi connectivity index (χ2v) is 4.94. The van der Waals surface area contributed by atoms with Crippen LogP contribution < -0.4 is 10.6 Å². The molecule has 0 heterocycles. The number of carbonyl (C=O) groups is 1. The van der Waals surface area contributed by atoms with Crippen LogP contribution in [-0.2, 0) is 11.0 Å². The summed E-state index contributed by atoms with van der Waals surface area (Å²) in [7, 11) is 0. The van der Waals surface area contributed by atoms with Gasteiger partial charge in [-0.25, -0.2) is 4.39 Å². The zero-order valence-electron chi connectivity index (χ0n) is 12.2. The molecular formula is C16H14F4N2O. The number of alkyl halides is 3. The van der Waals surface area contributed by atoms with Crippen molar-refractivity contribution in [1.82, 2.24) is 0 Å². The lowest BCUT2D eigenvalue weighted by atomic mass is 10.2. The second-order valence-electron chi connectivity index (χ2n) is 4.94. The molecule has 0 aliphatic heterocycles. The first-order chi connectivity index (χ1) is 10.8. The van der Waals surface area contributed by atoms with E-state index in [0.717, 1.165) is 12.1 Å². The number of aryl methyl sites for hydroxylation is 1. The zero-order valence-corrected chi connectivity index (χ0v) is 12.2. The van der Waals surface area contributed by atoms with E-state index in [1.165, 1.54) is 30.3 Å². The average molecular weight is 326 g/mol. The predicted octanol–water partition coefficient (Wildman–Crippen LogP) is 4.20. The average Bonchev–Trinajstić information content (AvgIpc) is 2.46. The summed E-state index contributed by atoms with van der Waals surface area (Å²) in [6.07, 6.45) is -4.41. The smallest absolute Gasteiger partial charge is 0.376 e. The molecule has 0 unspecified atom stereocenters. The van der Waals surface area contributed by atoms with Crippen LogP contribution in [0.4, 0.5) is 28.9 Å². The molecule has 2 aromatic carbocycles. The predicted molar refractivity (Wildman–Crippen MR) is 79.7 cm³/mol. The molecule has 2 N–H and O–H groups in total. The third-order valence-electron chi connectivity index (χ3n) is 3.12. The molecule has 0 aliphatic rings. The summed E-state index contributed by atoms with van der Waals surface area (Å²) < 4.78 is 50.3. The van der Waals surface area contributed by atoms with Gasteiger partial charge in [-0.3, -0.25) is 4.79 Å². The third kappa shape index (κ3) is 4.70. The highest BCUT2D eigenvalue weighted by Gasteiger charge is 2.29. The highest BCUT2D eigenvalue weighted by Crippen LogP contribution is 2.29. The molecule has 2 rings (SSSR count). The summed E-state index contributed by atoms with van der Waals surface area (Å²) in [5.41, 5.74) is 0.734. The van der Waals surface area contributed by atoms with Crippen molar-refractivity contribution in [2.45, 2.75) is 13.1 Å². The van der Waals surface area contributed by atoms with Crippen LogP contribution in [0, 0.1) is 12.7 Å². The lowest BCUT2D eigenvalue weighted by Gasteiger charge is -2.11. The topological polar surface area (TPSA) is 41.1 Å². The molecule has 2 aromatic rings. The minimum absolute atomic E-state index is 0.0898. The van der Waals surface area contributed by atoms with Crippen molar-refractivity contribution < 1.29 is 22.4 Å². The van der Waals surface area contributed by atoms with Gasteiger partial charge in [0.1, 0.15) is 5.82 Å². The fraction of sp³-hybridized carbons (Fsp3) is 0.188. The van der Waals surface area contributed by atoms with Gasteiger partial charge in [-0.2, -0.15) is 13.2 Å². The van der Waals surface area contributed by atoms with E-state index in [4.69, 9.17) is 0 Å². The number of carbonyl (C=O) groups excluding carboxylic acids is 1. The number of nitrogens with one attached hydrogen (secondary N) is 2. The molecule has 122 valence electrons. The van der Waals surface area contributed by atoms with Crippen LogP contribution in [0.25, 0.3) is 0 Å². The van der Waals surface area contributed by atoms with Gasteiger partial charge in [-0.1, -0.05) is 0 Å². The van der Waals surface area contributed by atoms with Crippen molar-refractivity contribution in [2.75, 3.05) is 17.2 Å². The molecule has 0 spiro atoms. The van der Waals surface area contributed by atoms with Crippen LogP contribution in [-0.4, -0.2) is 12.5 Å². The van der Waals surface area contributed by atoms with Crippen LogP contribution >= 0.6 is 0 Å². The molecule has 0 saturated heterocycles. The van der Waals surface area contributed by atoms with Gasteiger partial charge in [0.25, 0.3) is 0 Å². The van der Waals surface area contributed by atoms with Gasteiger partial charge in [0, 0.05) is 11.4 Å².